The van der Waals surface area contributed by atoms with Crippen LogP contribution in [0.2, 0.25) is 0 Å². The van der Waals surface area contributed by atoms with Gasteiger partial charge in [-0.05, 0) is 55.6 Å². The van der Waals surface area contributed by atoms with Crippen LogP contribution in [0.25, 0.3) is 0 Å². The highest BCUT2D eigenvalue weighted by atomic mass is 19.1. The molecule has 1 aliphatic rings. The second kappa shape index (κ2) is 5.50. The van der Waals surface area contributed by atoms with Crippen molar-refractivity contribution in [3.05, 3.63) is 29.6 Å². The summed E-state index contributed by atoms with van der Waals surface area (Å²) in [7, 11) is 0. The van der Waals surface area contributed by atoms with Crippen molar-refractivity contribution in [3.8, 4) is 0 Å². The molecule has 2 rings (SSSR count). The van der Waals surface area contributed by atoms with Gasteiger partial charge in [0.1, 0.15) is 5.82 Å². The van der Waals surface area contributed by atoms with Gasteiger partial charge in [-0.2, -0.15) is 0 Å². The van der Waals surface area contributed by atoms with Gasteiger partial charge in [-0.3, -0.25) is 4.90 Å². The molecule has 1 heterocycles. The summed E-state index contributed by atoms with van der Waals surface area (Å²) in [6.07, 6.45) is 3.81. The number of halogens is 1. The smallest absolute Gasteiger partial charge is 0.125 e. The summed E-state index contributed by atoms with van der Waals surface area (Å²) in [5, 5.41) is 0. The number of rotatable bonds is 3. The maximum atomic E-state index is 13.2. The molecule has 0 saturated carbocycles. The highest BCUT2D eigenvalue weighted by Gasteiger charge is 2.17. The Morgan fingerprint density at radius 2 is 2.00 bits per heavy atom. The Hall–Kier alpha value is -1.09. The topological polar surface area (TPSA) is 29.3 Å². The van der Waals surface area contributed by atoms with E-state index in [-0.39, 0.29) is 5.82 Å². The number of nitrogen functional groups attached to an aromatic ring is 1. The normalized spacial score (nSPS) is 18.5. The summed E-state index contributed by atoms with van der Waals surface area (Å²) in [6, 6.07) is 4.82. The van der Waals surface area contributed by atoms with Crippen LogP contribution in [0.5, 0.6) is 0 Å². The molecule has 0 unspecified atom stereocenters. The molecule has 2 N–H and O–H groups in total. The lowest BCUT2D eigenvalue weighted by Crippen LogP contribution is -2.33. The highest BCUT2D eigenvalue weighted by Crippen LogP contribution is 2.22. The Morgan fingerprint density at radius 1 is 1.29 bits per heavy atom. The standard InChI is InChI=1S/C14H21FN2/c1-2-11-3-5-17(6-4-11)10-12-7-13(15)9-14(16)8-12/h7-9,11H,2-6,10,16H2,1H3. The largest absolute Gasteiger partial charge is 0.399 e. The quantitative estimate of drug-likeness (QED) is 0.817. The van der Waals surface area contributed by atoms with Gasteiger partial charge in [0.05, 0.1) is 0 Å². The van der Waals surface area contributed by atoms with Crippen LogP contribution in [0, 0.1) is 11.7 Å². The lowest BCUT2D eigenvalue weighted by atomic mass is 9.94. The van der Waals surface area contributed by atoms with Gasteiger partial charge >= 0.3 is 0 Å². The molecule has 0 atom stereocenters. The molecule has 1 fully saturated rings. The van der Waals surface area contributed by atoms with Gasteiger partial charge in [-0.25, -0.2) is 4.39 Å². The third-order valence-corrected chi connectivity index (χ3v) is 3.67. The molecular weight excluding hydrogens is 215 g/mol. The van der Waals surface area contributed by atoms with Crippen molar-refractivity contribution in [2.45, 2.75) is 32.7 Å². The minimum Gasteiger partial charge on any atom is -0.399 e. The molecule has 0 spiro atoms. The van der Waals surface area contributed by atoms with Crippen LogP contribution in [0.4, 0.5) is 10.1 Å². The lowest BCUT2D eigenvalue weighted by molar-refractivity contribution is 0.175. The second-order valence-electron chi connectivity index (χ2n) is 5.02. The first-order valence-corrected chi connectivity index (χ1v) is 6.44. The van der Waals surface area contributed by atoms with Gasteiger partial charge in [-0.15, -0.1) is 0 Å². The number of anilines is 1. The van der Waals surface area contributed by atoms with Crippen LogP contribution in [-0.4, -0.2) is 18.0 Å². The number of nitrogens with zero attached hydrogens (tertiary/aromatic N) is 1. The Balaban J connectivity index is 1.93. The third-order valence-electron chi connectivity index (χ3n) is 3.67. The molecule has 0 amide bonds. The second-order valence-corrected chi connectivity index (χ2v) is 5.02. The zero-order valence-corrected chi connectivity index (χ0v) is 10.5. The highest BCUT2D eigenvalue weighted by molar-refractivity contribution is 5.41. The summed E-state index contributed by atoms with van der Waals surface area (Å²) < 4.78 is 13.2. The molecule has 0 aliphatic carbocycles. The maximum absolute atomic E-state index is 13.2. The van der Waals surface area contributed by atoms with E-state index in [9.17, 15) is 4.39 Å². The maximum Gasteiger partial charge on any atom is 0.125 e. The zero-order valence-electron chi connectivity index (χ0n) is 10.5. The molecule has 1 saturated heterocycles. The average Bonchev–Trinajstić information content (AvgIpc) is 2.28. The van der Waals surface area contributed by atoms with Crippen LogP contribution in [0.3, 0.4) is 0 Å². The van der Waals surface area contributed by atoms with Crippen LogP contribution in [-0.2, 0) is 6.54 Å². The molecular formula is C14H21FN2. The SMILES string of the molecule is CCC1CCN(Cc2cc(N)cc(F)c2)CC1. The summed E-state index contributed by atoms with van der Waals surface area (Å²) in [4.78, 5) is 2.39. The molecule has 1 aliphatic heterocycles. The fourth-order valence-corrected chi connectivity index (χ4v) is 2.58. The van der Waals surface area contributed by atoms with Crippen molar-refractivity contribution < 1.29 is 4.39 Å². The van der Waals surface area contributed by atoms with E-state index < -0.39 is 0 Å². The van der Waals surface area contributed by atoms with Gasteiger partial charge in [0, 0.05) is 12.2 Å². The zero-order chi connectivity index (χ0) is 12.3. The van der Waals surface area contributed by atoms with Crippen LogP contribution >= 0.6 is 0 Å². The van der Waals surface area contributed by atoms with Crippen molar-refractivity contribution in [2.75, 3.05) is 18.8 Å². The third kappa shape index (κ3) is 3.43. The van der Waals surface area contributed by atoms with Gasteiger partial charge < -0.3 is 5.73 Å². The lowest BCUT2D eigenvalue weighted by Gasteiger charge is -2.31. The van der Waals surface area contributed by atoms with E-state index in [0.29, 0.717) is 5.69 Å². The van der Waals surface area contributed by atoms with Gasteiger partial charge in [0.2, 0.25) is 0 Å². The predicted octanol–water partition coefficient (Wildman–Crippen LogP) is 3.03. The first kappa shape index (κ1) is 12.4. The fraction of sp³-hybridized carbons (Fsp3) is 0.571. The number of benzene rings is 1. The van der Waals surface area contributed by atoms with Gasteiger partial charge in [0.25, 0.3) is 0 Å². The Morgan fingerprint density at radius 3 is 2.59 bits per heavy atom. The van der Waals surface area contributed by atoms with Gasteiger partial charge in [-0.1, -0.05) is 13.3 Å². The monoisotopic (exact) mass is 236 g/mol. The van der Waals surface area contributed by atoms with E-state index in [0.717, 1.165) is 31.1 Å². The van der Waals surface area contributed by atoms with E-state index in [4.69, 9.17) is 5.73 Å². The number of nitrogens with two attached hydrogens (primary N) is 1. The van der Waals surface area contributed by atoms with Crippen molar-refractivity contribution >= 4 is 5.69 Å². The number of piperidine rings is 1. The summed E-state index contributed by atoms with van der Waals surface area (Å²) in [5.41, 5.74) is 7.15. The van der Waals surface area contributed by atoms with Crippen molar-refractivity contribution in [1.29, 1.82) is 0 Å². The predicted molar refractivity (Wildman–Crippen MR) is 69.1 cm³/mol. The molecule has 3 heteroatoms. The van der Waals surface area contributed by atoms with Crippen molar-refractivity contribution in [3.63, 3.8) is 0 Å². The first-order chi connectivity index (χ1) is 8.17. The van der Waals surface area contributed by atoms with Crippen LogP contribution in [0.15, 0.2) is 18.2 Å². The van der Waals surface area contributed by atoms with E-state index in [1.54, 1.807) is 6.07 Å². The first-order valence-electron chi connectivity index (χ1n) is 6.44. The van der Waals surface area contributed by atoms with E-state index >= 15 is 0 Å². The van der Waals surface area contributed by atoms with Gasteiger partial charge in [0.15, 0.2) is 0 Å². The molecule has 94 valence electrons. The molecule has 0 radical (unpaired) electrons. The minimum absolute atomic E-state index is 0.233. The number of likely N-dealkylation sites (tertiary alicyclic amines) is 1. The van der Waals surface area contributed by atoms with Crippen molar-refractivity contribution in [2.24, 2.45) is 5.92 Å². The van der Waals surface area contributed by atoms with E-state index in [1.165, 1.54) is 25.3 Å². The average molecular weight is 236 g/mol. The van der Waals surface area contributed by atoms with E-state index in [1.807, 2.05) is 6.07 Å². The van der Waals surface area contributed by atoms with E-state index in [2.05, 4.69) is 11.8 Å². The molecule has 0 aromatic heterocycles. The Kier molecular flexibility index (Phi) is 4.00. The summed E-state index contributed by atoms with van der Waals surface area (Å²) in [6.45, 7) is 5.32. The Labute approximate surface area is 103 Å². The minimum atomic E-state index is -0.233. The Bertz CT molecular complexity index is 350. The van der Waals surface area contributed by atoms with Crippen molar-refractivity contribution in [1.82, 2.24) is 4.90 Å². The number of hydrogen-bond acceptors (Lipinski definition) is 2. The number of hydrogen-bond donors (Lipinski definition) is 1. The summed E-state index contributed by atoms with van der Waals surface area (Å²) >= 11 is 0. The summed E-state index contributed by atoms with van der Waals surface area (Å²) in [5.74, 6) is 0.646. The fourth-order valence-electron chi connectivity index (χ4n) is 2.58. The molecule has 1 aromatic carbocycles. The van der Waals surface area contributed by atoms with Crippen LogP contribution in [0.1, 0.15) is 31.7 Å². The molecule has 2 nitrogen and oxygen atoms in total. The molecule has 0 bridgehead atoms. The van der Waals surface area contributed by atoms with Crippen LogP contribution < -0.4 is 5.73 Å². The molecule has 1 aromatic rings. The molecule has 17 heavy (non-hydrogen) atoms.